The van der Waals surface area contributed by atoms with E-state index in [4.69, 9.17) is 9.47 Å². The summed E-state index contributed by atoms with van der Waals surface area (Å²) >= 11 is 0. The number of likely N-dealkylation sites (N-methyl/N-ethyl adjacent to an activating group) is 1. The first kappa shape index (κ1) is 17.5. The van der Waals surface area contributed by atoms with Crippen LogP contribution in [-0.2, 0) is 11.3 Å². The summed E-state index contributed by atoms with van der Waals surface area (Å²) in [5.41, 5.74) is 0.878. The van der Waals surface area contributed by atoms with Crippen molar-refractivity contribution in [2.75, 3.05) is 20.8 Å². The number of hydrogen-bond acceptors (Lipinski definition) is 4. The molecule has 0 aromatic heterocycles. The number of rotatable bonds is 7. The van der Waals surface area contributed by atoms with E-state index in [1.807, 2.05) is 0 Å². The summed E-state index contributed by atoms with van der Waals surface area (Å²) in [6, 6.07) is 10.9. The molecule has 0 atom stereocenters. The standard InChI is InChI=1S/C18H18FNO4/c1-20(10-14-5-3-4-6-15(14)19)18(22)12-24-16-8-7-13(11-21)9-17(16)23-2/h3-9,11H,10,12H2,1-2H3. The highest BCUT2D eigenvalue weighted by molar-refractivity contribution is 5.78. The fourth-order valence-corrected chi connectivity index (χ4v) is 2.10. The highest BCUT2D eigenvalue weighted by Gasteiger charge is 2.14. The normalized spacial score (nSPS) is 10.1. The van der Waals surface area contributed by atoms with Gasteiger partial charge < -0.3 is 14.4 Å². The smallest absolute Gasteiger partial charge is 0.260 e. The summed E-state index contributed by atoms with van der Waals surface area (Å²) in [4.78, 5) is 24.3. The van der Waals surface area contributed by atoms with Gasteiger partial charge in [0.15, 0.2) is 18.1 Å². The minimum absolute atomic E-state index is 0.149. The van der Waals surface area contributed by atoms with Crippen LogP contribution in [-0.4, -0.2) is 37.9 Å². The van der Waals surface area contributed by atoms with Gasteiger partial charge in [-0.1, -0.05) is 18.2 Å². The minimum atomic E-state index is -0.357. The molecule has 0 unspecified atom stereocenters. The van der Waals surface area contributed by atoms with Crippen molar-refractivity contribution in [3.05, 3.63) is 59.4 Å². The van der Waals surface area contributed by atoms with Gasteiger partial charge >= 0.3 is 0 Å². The van der Waals surface area contributed by atoms with E-state index in [2.05, 4.69) is 0 Å². The van der Waals surface area contributed by atoms with Gasteiger partial charge in [0.05, 0.1) is 7.11 Å². The summed E-state index contributed by atoms with van der Waals surface area (Å²) in [7, 11) is 3.02. The lowest BCUT2D eigenvalue weighted by Crippen LogP contribution is -2.31. The number of halogens is 1. The van der Waals surface area contributed by atoms with Crippen LogP contribution in [0.3, 0.4) is 0 Å². The van der Waals surface area contributed by atoms with Crippen molar-refractivity contribution in [3.8, 4) is 11.5 Å². The average Bonchev–Trinajstić information content (AvgIpc) is 2.61. The minimum Gasteiger partial charge on any atom is -0.493 e. The highest BCUT2D eigenvalue weighted by atomic mass is 19.1. The van der Waals surface area contributed by atoms with Crippen LogP contribution in [0.15, 0.2) is 42.5 Å². The summed E-state index contributed by atoms with van der Waals surface area (Å²) < 4.78 is 24.2. The lowest BCUT2D eigenvalue weighted by molar-refractivity contribution is -0.132. The molecule has 0 aliphatic heterocycles. The zero-order valence-corrected chi connectivity index (χ0v) is 13.5. The molecule has 0 heterocycles. The average molecular weight is 331 g/mol. The molecule has 24 heavy (non-hydrogen) atoms. The first-order chi connectivity index (χ1) is 11.5. The number of benzene rings is 2. The Hall–Kier alpha value is -2.89. The highest BCUT2D eigenvalue weighted by Crippen LogP contribution is 2.27. The molecule has 0 aliphatic rings. The molecule has 0 radical (unpaired) electrons. The summed E-state index contributed by atoms with van der Waals surface area (Å²) in [5.74, 6) is 0.0591. The van der Waals surface area contributed by atoms with Crippen LogP contribution >= 0.6 is 0 Å². The maximum absolute atomic E-state index is 13.6. The van der Waals surface area contributed by atoms with Gasteiger partial charge in [0.25, 0.3) is 5.91 Å². The topological polar surface area (TPSA) is 55.8 Å². The van der Waals surface area contributed by atoms with Crippen LogP contribution in [0.2, 0.25) is 0 Å². The molecule has 0 saturated heterocycles. The van der Waals surface area contributed by atoms with Crippen molar-refractivity contribution in [2.24, 2.45) is 0 Å². The molecule has 0 bridgehead atoms. The molecule has 0 aliphatic carbocycles. The Morgan fingerprint density at radius 3 is 2.62 bits per heavy atom. The zero-order valence-electron chi connectivity index (χ0n) is 13.5. The molecule has 1 amide bonds. The second-order valence-corrected chi connectivity index (χ2v) is 5.16. The second kappa shape index (κ2) is 8.10. The van der Waals surface area contributed by atoms with Crippen molar-refractivity contribution >= 4 is 12.2 Å². The quantitative estimate of drug-likeness (QED) is 0.732. The van der Waals surface area contributed by atoms with Crippen molar-refractivity contribution in [1.82, 2.24) is 4.90 Å². The Balaban J connectivity index is 1.97. The zero-order chi connectivity index (χ0) is 17.5. The van der Waals surface area contributed by atoms with Gasteiger partial charge in [-0.15, -0.1) is 0 Å². The lowest BCUT2D eigenvalue weighted by atomic mass is 10.2. The molecular weight excluding hydrogens is 313 g/mol. The van der Waals surface area contributed by atoms with Gasteiger partial charge in [-0.25, -0.2) is 4.39 Å². The van der Waals surface area contributed by atoms with Gasteiger partial charge in [-0.3, -0.25) is 9.59 Å². The Morgan fingerprint density at radius 2 is 1.96 bits per heavy atom. The van der Waals surface area contributed by atoms with Crippen molar-refractivity contribution in [1.29, 1.82) is 0 Å². The van der Waals surface area contributed by atoms with Crippen LogP contribution < -0.4 is 9.47 Å². The van der Waals surface area contributed by atoms with E-state index in [-0.39, 0.29) is 24.9 Å². The molecule has 2 aromatic carbocycles. The molecule has 0 N–H and O–H groups in total. The van der Waals surface area contributed by atoms with Crippen molar-refractivity contribution < 1.29 is 23.5 Å². The van der Waals surface area contributed by atoms with E-state index in [0.717, 1.165) is 0 Å². The number of carbonyl (C=O) groups excluding carboxylic acids is 2. The molecule has 6 heteroatoms. The lowest BCUT2D eigenvalue weighted by Gasteiger charge is -2.18. The third-order valence-corrected chi connectivity index (χ3v) is 3.47. The summed E-state index contributed by atoms with van der Waals surface area (Å²) in [6.45, 7) is -0.0716. The van der Waals surface area contributed by atoms with E-state index in [1.165, 1.54) is 24.1 Å². The molecule has 0 saturated carbocycles. The Morgan fingerprint density at radius 1 is 1.21 bits per heavy atom. The van der Waals surface area contributed by atoms with Crippen molar-refractivity contribution in [2.45, 2.75) is 6.54 Å². The number of ether oxygens (including phenoxy) is 2. The van der Waals surface area contributed by atoms with Gasteiger partial charge in [0, 0.05) is 24.7 Å². The van der Waals surface area contributed by atoms with Gasteiger partial charge in [-0.05, 0) is 24.3 Å². The number of methoxy groups -OCH3 is 1. The van der Waals surface area contributed by atoms with Crippen LogP contribution in [0.5, 0.6) is 11.5 Å². The van der Waals surface area contributed by atoms with E-state index < -0.39 is 0 Å². The Bertz CT molecular complexity index is 733. The third-order valence-electron chi connectivity index (χ3n) is 3.47. The molecular formula is C18H18FNO4. The summed E-state index contributed by atoms with van der Waals surface area (Å²) in [5, 5.41) is 0. The SMILES string of the molecule is COc1cc(C=O)ccc1OCC(=O)N(C)Cc1ccccc1F. The third kappa shape index (κ3) is 4.32. The monoisotopic (exact) mass is 331 g/mol. The molecule has 126 valence electrons. The van der Waals surface area contributed by atoms with Crippen LogP contribution in [0.1, 0.15) is 15.9 Å². The maximum Gasteiger partial charge on any atom is 0.260 e. The van der Waals surface area contributed by atoms with E-state index in [1.54, 1.807) is 37.4 Å². The fourth-order valence-electron chi connectivity index (χ4n) is 2.10. The molecule has 0 fully saturated rings. The Kier molecular flexibility index (Phi) is 5.89. The van der Waals surface area contributed by atoms with Gasteiger partial charge in [-0.2, -0.15) is 0 Å². The van der Waals surface area contributed by atoms with Crippen LogP contribution in [0.4, 0.5) is 4.39 Å². The first-order valence-electron chi connectivity index (χ1n) is 7.28. The fraction of sp³-hybridized carbons (Fsp3) is 0.222. The largest absolute Gasteiger partial charge is 0.493 e. The summed E-state index contributed by atoms with van der Waals surface area (Å²) in [6.07, 6.45) is 0.694. The number of nitrogens with zero attached hydrogens (tertiary/aromatic N) is 1. The predicted octanol–water partition coefficient (Wildman–Crippen LogP) is 2.68. The predicted molar refractivity (Wildman–Crippen MR) is 86.8 cm³/mol. The molecule has 2 aromatic rings. The van der Waals surface area contributed by atoms with E-state index >= 15 is 0 Å². The number of amides is 1. The first-order valence-corrected chi connectivity index (χ1v) is 7.28. The van der Waals surface area contributed by atoms with Crippen LogP contribution in [0, 0.1) is 5.82 Å². The van der Waals surface area contributed by atoms with E-state index in [9.17, 15) is 14.0 Å². The van der Waals surface area contributed by atoms with E-state index in [0.29, 0.717) is 28.9 Å². The molecule has 2 rings (SSSR count). The molecule has 5 nitrogen and oxygen atoms in total. The maximum atomic E-state index is 13.6. The van der Waals surface area contributed by atoms with Gasteiger partial charge in [0.2, 0.25) is 0 Å². The number of carbonyl (C=O) groups is 2. The van der Waals surface area contributed by atoms with Gasteiger partial charge in [0.1, 0.15) is 12.1 Å². The number of hydrogen-bond donors (Lipinski definition) is 0. The number of aldehydes is 1. The Labute approximate surface area is 139 Å². The second-order valence-electron chi connectivity index (χ2n) is 5.16. The van der Waals surface area contributed by atoms with Crippen LogP contribution in [0.25, 0.3) is 0 Å². The van der Waals surface area contributed by atoms with Crippen molar-refractivity contribution in [3.63, 3.8) is 0 Å². The molecule has 0 spiro atoms.